The first-order valence-corrected chi connectivity index (χ1v) is 5.30. The van der Waals surface area contributed by atoms with Crippen molar-refractivity contribution in [1.29, 1.82) is 0 Å². The number of hydrogen-bond acceptors (Lipinski definition) is 3. The van der Waals surface area contributed by atoms with Crippen LogP contribution in [0.3, 0.4) is 0 Å². The molecule has 0 aromatic carbocycles. The molecule has 1 saturated heterocycles. The van der Waals surface area contributed by atoms with Crippen LogP contribution in [0.25, 0.3) is 0 Å². The Kier molecular flexibility index (Phi) is 5.35. The number of ether oxygens (including phenoxy) is 2. The van der Waals surface area contributed by atoms with Gasteiger partial charge in [0.2, 0.25) is 0 Å². The smallest absolute Gasteiger partial charge is 0.105 e. The van der Waals surface area contributed by atoms with Gasteiger partial charge in [0.25, 0.3) is 0 Å². The third-order valence-electron chi connectivity index (χ3n) is 2.23. The maximum absolute atomic E-state index is 5.84. The maximum Gasteiger partial charge on any atom is 0.105 e. The molecule has 0 radical (unpaired) electrons. The number of nitrogens with one attached hydrogen (secondary N) is 1. The lowest BCUT2D eigenvalue weighted by atomic mass is 10.2. The second-order valence-corrected chi connectivity index (χ2v) is 3.51. The van der Waals surface area contributed by atoms with Crippen molar-refractivity contribution in [3.8, 4) is 0 Å². The van der Waals surface area contributed by atoms with Crippen LogP contribution in [0.5, 0.6) is 0 Å². The van der Waals surface area contributed by atoms with Crippen LogP contribution in [0.4, 0.5) is 0 Å². The predicted molar refractivity (Wildman–Crippen MR) is 52.9 cm³/mol. The minimum absolute atomic E-state index is 0.357. The van der Waals surface area contributed by atoms with E-state index in [1.165, 1.54) is 6.42 Å². The lowest BCUT2D eigenvalue weighted by Gasteiger charge is -2.30. The molecule has 0 aromatic heterocycles. The fraction of sp³-hybridized carbons (Fsp3) is 1.00. The zero-order valence-corrected chi connectivity index (χ0v) is 8.71. The molecular weight excluding hydrogens is 166 g/mol. The molecule has 1 aliphatic rings. The van der Waals surface area contributed by atoms with Crippen molar-refractivity contribution in [3.05, 3.63) is 0 Å². The largest absolute Gasteiger partial charge is 0.376 e. The van der Waals surface area contributed by atoms with Gasteiger partial charge in [-0.05, 0) is 13.0 Å². The van der Waals surface area contributed by atoms with Crippen LogP contribution in [0.2, 0.25) is 0 Å². The zero-order chi connectivity index (χ0) is 9.52. The second kappa shape index (κ2) is 6.35. The molecule has 1 N–H and O–H groups in total. The van der Waals surface area contributed by atoms with E-state index < -0.39 is 0 Å². The molecule has 1 unspecified atom stereocenters. The standard InChI is InChI=1S/C10H21NO2/c1-3-5-9(6-11-4-2)13-10-7-12-8-10/h9-11H,3-8H2,1-2H3. The van der Waals surface area contributed by atoms with E-state index in [1.54, 1.807) is 0 Å². The predicted octanol–water partition coefficient (Wildman–Crippen LogP) is 1.18. The van der Waals surface area contributed by atoms with Gasteiger partial charge in [0.15, 0.2) is 0 Å². The van der Waals surface area contributed by atoms with Gasteiger partial charge in [-0.25, -0.2) is 0 Å². The Morgan fingerprint density at radius 1 is 1.46 bits per heavy atom. The minimum Gasteiger partial charge on any atom is -0.376 e. The number of rotatable bonds is 7. The molecule has 3 heteroatoms. The molecule has 1 aliphatic heterocycles. The van der Waals surface area contributed by atoms with Crippen LogP contribution in [0.1, 0.15) is 26.7 Å². The highest BCUT2D eigenvalue weighted by atomic mass is 16.6. The van der Waals surface area contributed by atoms with Crippen molar-refractivity contribution in [1.82, 2.24) is 5.32 Å². The summed E-state index contributed by atoms with van der Waals surface area (Å²) in [6.45, 7) is 7.87. The van der Waals surface area contributed by atoms with E-state index in [2.05, 4.69) is 19.2 Å². The Hall–Kier alpha value is -0.120. The summed E-state index contributed by atoms with van der Waals surface area (Å²) in [7, 11) is 0. The quantitative estimate of drug-likeness (QED) is 0.649. The Balaban J connectivity index is 2.11. The number of hydrogen-bond donors (Lipinski definition) is 1. The van der Waals surface area contributed by atoms with Crippen LogP contribution in [-0.2, 0) is 9.47 Å². The molecule has 1 atom stereocenters. The average molecular weight is 187 g/mol. The Labute approximate surface area is 80.8 Å². The highest BCUT2D eigenvalue weighted by molar-refractivity contribution is 4.69. The molecule has 0 amide bonds. The van der Waals surface area contributed by atoms with E-state index in [4.69, 9.17) is 9.47 Å². The molecular formula is C10H21NO2. The Bertz CT molecular complexity index is 126. The van der Waals surface area contributed by atoms with E-state index in [-0.39, 0.29) is 0 Å². The third kappa shape index (κ3) is 4.07. The van der Waals surface area contributed by atoms with Gasteiger partial charge < -0.3 is 14.8 Å². The van der Waals surface area contributed by atoms with Gasteiger partial charge in [-0.15, -0.1) is 0 Å². The SMILES string of the molecule is CCCC(CNCC)OC1COC1. The average Bonchev–Trinajstić information content (AvgIpc) is 2.07. The van der Waals surface area contributed by atoms with Gasteiger partial charge >= 0.3 is 0 Å². The molecule has 0 aromatic rings. The minimum atomic E-state index is 0.357. The van der Waals surface area contributed by atoms with Crippen molar-refractivity contribution < 1.29 is 9.47 Å². The van der Waals surface area contributed by atoms with E-state index >= 15 is 0 Å². The monoisotopic (exact) mass is 187 g/mol. The van der Waals surface area contributed by atoms with E-state index in [9.17, 15) is 0 Å². The van der Waals surface area contributed by atoms with Gasteiger partial charge in [0, 0.05) is 6.54 Å². The van der Waals surface area contributed by atoms with E-state index in [1.807, 2.05) is 0 Å². The van der Waals surface area contributed by atoms with Crippen molar-refractivity contribution >= 4 is 0 Å². The molecule has 0 bridgehead atoms. The molecule has 78 valence electrons. The Morgan fingerprint density at radius 2 is 2.23 bits per heavy atom. The van der Waals surface area contributed by atoms with E-state index in [0.717, 1.165) is 32.7 Å². The third-order valence-corrected chi connectivity index (χ3v) is 2.23. The topological polar surface area (TPSA) is 30.5 Å². The van der Waals surface area contributed by atoms with Crippen LogP contribution < -0.4 is 5.32 Å². The molecule has 1 rings (SSSR count). The Morgan fingerprint density at radius 3 is 2.69 bits per heavy atom. The fourth-order valence-corrected chi connectivity index (χ4v) is 1.41. The van der Waals surface area contributed by atoms with E-state index in [0.29, 0.717) is 12.2 Å². The summed E-state index contributed by atoms with van der Waals surface area (Å²) in [5.74, 6) is 0. The molecule has 3 nitrogen and oxygen atoms in total. The summed E-state index contributed by atoms with van der Waals surface area (Å²) in [5, 5.41) is 3.32. The molecule has 13 heavy (non-hydrogen) atoms. The second-order valence-electron chi connectivity index (χ2n) is 3.51. The van der Waals surface area contributed by atoms with Crippen LogP contribution in [0.15, 0.2) is 0 Å². The van der Waals surface area contributed by atoms with Gasteiger partial charge in [0.05, 0.1) is 19.3 Å². The summed E-state index contributed by atoms with van der Waals surface area (Å²) in [6, 6.07) is 0. The summed E-state index contributed by atoms with van der Waals surface area (Å²) < 4.78 is 10.9. The van der Waals surface area contributed by atoms with Crippen molar-refractivity contribution in [2.24, 2.45) is 0 Å². The summed E-state index contributed by atoms with van der Waals surface area (Å²) >= 11 is 0. The number of likely N-dealkylation sites (N-methyl/N-ethyl adjacent to an activating group) is 1. The van der Waals surface area contributed by atoms with Gasteiger partial charge in [-0.1, -0.05) is 20.3 Å². The molecule has 1 heterocycles. The fourth-order valence-electron chi connectivity index (χ4n) is 1.41. The summed E-state index contributed by atoms with van der Waals surface area (Å²) in [5.41, 5.74) is 0. The van der Waals surface area contributed by atoms with Gasteiger partial charge in [0.1, 0.15) is 6.10 Å². The summed E-state index contributed by atoms with van der Waals surface area (Å²) in [6.07, 6.45) is 3.06. The van der Waals surface area contributed by atoms with Crippen molar-refractivity contribution in [2.45, 2.75) is 38.9 Å². The van der Waals surface area contributed by atoms with Crippen molar-refractivity contribution in [3.63, 3.8) is 0 Å². The molecule has 1 fully saturated rings. The van der Waals surface area contributed by atoms with Gasteiger partial charge in [-0.2, -0.15) is 0 Å². The zero-order valence-electron chi connectivity index (χ0n) is 8.71. The molecule has 0 saturated carbocycles. The highest BCUT2D eigenvalue weighted by Crippen LogP contribution is 2.11. The normalized spacial score (nSPS) is 19.8. The highest BCUT2D eigenvalue weighted by Gasteiger charge is 2.22. The van der Waals surface area contributed by atoms with Gasteiger partial charge in [-0.3, -0.25) is 0 Å². The first-order valence-electron chi connectivity index (χ1n) is 5.30. The summed E-state index contributed by atoms with van der Waals surface area (Å²) in [4.78, 5) is 0. The van der Waals surface area contributed by atoms with Crippen LogP contribution >= 0.6 is 0 Å². The first-order chi connectivity index (χ1) is 6.36. The first kappa shape index (κ1) is 11.0. The lowest BCUT2D eigenvalue weighted by molar-refractivity contribution is -0.154. The lowest BCUT2D eigenvalue weighted by Crippen LogP contribution is -2.42. The molecule has 0 aliphatic carbocycles. The van der Waals surface area contributed by atoms with Crippen molar-refractivity contribution in [2.75, 3.05) is 26.3 Å². The van der Waals surface area contributed by atoms with Crippen LogP contribution in [0, 0.1) is 0 Å². The van der Waals surface area contributed by atoms with Crippen LogP contribution in [-0.4, -0.2) is 38.5 Å². The molecule has 0 spiro atoms. The maximum atomic E-state index is 5.84.